The first-order valence-electron chi connectivity index (χ1n) is 7.47. The van der Waals surface area contributed by atoms with Crippen LogP contribution in [0.3, 0.4) is 0 Å². The van der Waals surface area contributed by atoms with Crippen LogP contribution in [0.1, 0.15) is 30.3 Å². The number of aromatic nitrogens is 1. The molecular formula is C16H23N3S. The van der Waals surface area contributed by atoms with Crippen LogP contribution in [0.4, 0.5) is 0 Å². The van der Waals surface area contributed by atoms with E-state index in [0.29, 0.717) is 12.0 Å². The number of hydrogen-bond donors (Lipinski definition) is 1. The van der Waals surface area contributed by atoms with Crippen LogP contribution in [0.2, 0.25) is 0 Å². The number of thiazole rings is 1. The number of nitrogens with two attached hydrogens (primary N) is 1. The third-order valence-corrected chi connectivity index (χ3v) is 5.35. The highest BCUT2D eigenvalue weighted by molar-refractivity contribution is 7.18. The van der Waals surface area contributed by atoms with Crippen molar-refractivity contribution in [3.05, 3.63) is 28.8 Å². The van der Waals surface area contributed by atoms with E-state index in [0.717, 1.165) is 23.6 Å². The van der Waals surface area contributed by atoms with Gasteiger partial charge in [-0.05, 0) is 49.9 Å². The highest BCUT2D eigenvalue weighted by Crippen LogP contribution is 2.27. The van der Waals surface area contributed by atoms with E-state index >= 15 is 0 Å². The molecule has 1 saturated heterocycles. The van der Waals surface area contributed by atoms with Gasteiger partial charge in [0, 0.05) is 19.1 Å². The van der Waals surface area contributed by atoms with Crippen molar-refractivity contribution in [3.8, 4) is 0 Å². The van der Waals surface area contributed by atoms with Gasteiger partial charge in [0.2, 0.25) is 0 Å². The molecule has 3 nitrogen and oxygen atoms in total. The number of likely N-dealkylation sites (tertiary alicyclic amines) is 1. The standard InChI is InChI=1S/C16H23N3S/c1-11-4-3-7-19(15(11)9-17)10-13-5-6-14-16(8-13)20-12(2)18-14/h5-6,8,11,15H,3-4,7,9-10,17H2,1-2H3. The second-order valence-corrected chi connectivity index (χ2v) is 7.16. The molecule has 0 radical (unpaired) electrons. The summed E-state index contributed by atoms with van der Waals surface area (Å²) in [6.45, 7) is 7.36. The smallest absolute Gasteiger partial charge is 0.0907 e. The molecule has 0 amide bonds. The van der Waals surface area contributed by atoms with Gasteiger partial charge in [-0.15, -0.1) is 11.3 Å². The molecule has 1 aliphatic rings. The summed E-state index contributed by atoms with van der Waals surface area (Å²) < 4.78 is 1.30. The molecule has 1 aromatic heterocycles. The maximum atomic E-state index is 5.98. The first kappa shape index (κ1) is 14.0. The third-order valence-electron chi connectivity index (χ3n) is 4.42. The predicted octanol–water partition coefficient (Wildman–Crippen LogP) is 3.16. The van der Waals surface area contributed by atoms with Crippen molar-refractivity contribution in [2.24, 2.45) is 11.7 Å². The van der Waals surface area contributed by atoms with E-state index in [1.165, 1.54) is 29.6 Å². The van der Waals surface area contributed by atoms with Crippen LogP contribution in [0.25, 0.3) is 10.2 Å². The fourth-order valence-corrected chi connectivity index (χ4v) is 4.22. The van der Waals surface area contributed by atoms with Crippen molar-refractivity contribution in [2.45, 2.75) is 39.3 Å². The number of benzene rings is 1. The molecule has 108 valence electrons. The first-order chi connectivity index (χ1) is 9.67. The van der Waals surface area contributed by atoms with E-state index < -0.39 is 0 Å². The normalized spacial score (nSPS) is 24.4. The van der Waals surface area contributed by atoms with Crippen molar-refractivity contribution in [1.82, 2.24) is 9.88 Å². The maximum Gasteiger partial charge on any atom is 0.0907 e. The Balaban J connectivity index is 1.80. The lowest BCUT2D eigenvalue weighted by Crippen LogP contribution is -2.47. The van der Waals surface area contributed by atoms with Gasteiger partial charge in [0.25, 0.3) is 0 Å². The summed E-state index contributed by atoms with van der Waals surface area (Å²) in [6, 6.07) is 7.20. The van der Waals surface area contributed by atoms with E-state index in [1.54, 1.807) is 11.3 Å². The Labute approximate surface area is 124 Å². The summed E-state index contributed by atoms with van der Waals surface area (Å²) in [4.78, 5) is 7.09. The average Bonchev–Trinajstić information content (AvgIpc) is 2.78. The van der Waals surface area contributed by atoms with E-state index in [-0.39, 0.29) is 0 Å². The molecule has 2 N–H and O–H groups in total. The Morgan fingerprint density at radius 2 is 2.30 bits per heavy atom. The summed E-state index contributed by atoms with van der Waals surface area (Å²) in [5, 5.41) is 1.14. The zero-order valence-corrected chi connectivity index (χ0v) is 13.1. The summed E-state index contributed by atoms with van der Waals surface area (Å²) in [5.41, 5.74) is 8.49. The van der Waals surface area contributed by atoms with Gasteiger partial charge in [0.15, 0.2) is 0 Å². The molecule has 0 bridgehead atoms. The SMILES string of the molecule is Cc1nc2ccc(CN3CCCC(C)C3CN)cc2s1. The molecule has 2 heterocycles. The second kappa shape index (κ2) is 5.80. The van der Waals surface area contributed by atoms with Gasteiger partial charge in [0.1, 0.15) is 0 Å². The van der Waals surface area contributed by atoms with Crippen molar-refractivity contribution >= 4 is 21.6 Å². The number of hydrogen-bond acceptors (Lipinski definition) is 4. The molecule has 2 atom stereocenters. The van der Waals surface area contributed by atoms with Gasteiger partial charge in [-0.3, -0.25) is 4.90 Å². The summed E-state index contributed by atoms with van der Waals surface area (Å²) >= 11 is 1.78. The molecule has 2 aromatic rings. The van der Waals surface area contributed by atoms with Gasteiger partial charge in [-0.1, -0.05) is 13.0 Å². The van der Waals surface area contributed by atoms with Gasteiger partial charge >= 0.3 is 0 Å². The molecule has 0 spiro atoms. The molecule has 20 heavy (non-hydrogen) atoms. The zero-order chi connectivity index (χ0) is 14.1. The van der Waals surface area contributed by atoms with Crippen LogP contribution in [-0.2, 0) is 6.54 Å². The number of fused-ring (bicyclic) bond motifs is 1. The van der Waals surface area contributed by atoms with Gasteiger partial charge < -0.3 is 5.73 Å². The van der Waals surface area contributed by atoms with E-state index in [1.807, 2.05) is 0 Å². The fourth-order valence-electron chi connectivity index (χ4n) is 3.33. The van der Waals surface area contributed by atoms with Crippen LogP contribution in [0, 0.1) is 12.8 Å². The lowest BCUT2D eigenvalue weighted by atomic mass is 9.90. The average molecular weight is 289 g/mol. The van der Waals surface area contributed by atoms with Crippen molar-refractivity contribution in [3.63, 3.8) is 0 Å². The van der Waals surface area contributed by atoms with Crippen LogP contribution < -0.4 is 5.73 Å². The zero-order valence-electron chi connectivity index (χ0n) is 12.3. The molecule has 0 aliphatic carbocycles. The van der Waals surface area contributed by atoms with E-state index in [9.17, 15) is 0 Å². The van der Waals surface area contributed by atoms with Crippen molar-refractivity contribution in [1.29, 1.82) is 0 Å². The summed E-state index contributed by atoms with van der Waals surface area (Å²) in [7, 11) is 0. The summed E-state index contributed by atoms with van der Waals surface area (Å²) in [5.74, 6) is 0.711. The molecule has 3 rings (SSSR count). The van der Waals surface area contributed by atoms with Crippen molar-refractivity contribution in [2.75, 3.05) is 13.1 Å². The number of piperidine rings is 1. The minimum atomic E-state index is 0.530. The molecule has 1 aliphatic heterocycles. The fraction of sp³-hybridized carbons (Fsp3) is 0.562. The van der Waals surface area contributed by atoms with E-state index in [4.69, 9.17) is 5.73 Å². The van der Waals surface area contributed by atoms with Crippen molar-refractivity contribution < 1.29 is 0 Å². The van der Waals surface area contributed by atoms with Crippen LogP contribution in [0.15, 0.2) is 18.2 Å². The van der Waals surface area contributed by atoms with E-state index in [2.05, 4.69) is 41.9 Å². The minimum absolute atomic E-state index is 0.530. The Kier molecular flexibility index (Phi) is 4.06. The monoisotopic (exact) mass is 289 g/mol. The van der Waals surface area contributed by atoms with Crippen LogP contribution in [0.5, 0.6) is 0 Å². The Morgan fingerprint density at radius 3 is 3.10 bits per heavy atom. The minimum Gasteiger partial charge on any atom is -0.329 e. The molecule has 1 fully saturated rings. The highest BCUT2D eigenvalue weighted by atomic mass is 32.1. The predicted molar refractivity (Wildman–Crippen MR) is 86.0 cm³/mol. The molecule has 2 unspecified atom stereocenters. The molecule has 1 aromatic carbocycles. The first-order valence-corrected chi connectivity index (χ1v) is 8.29. The number of rotatable bonds is 3. The van der Waals surface area contributed by atoms with Crippen LogP contribution in [-0.4, -0.2) is 29.0 Å². The molecular weight excluding hydrogens is 266 g/mol. The van der Waals surface area contributed by atoms with Crippen LogP contribution >= 0.6 is 11.3 Å². The Hall–Kier alpha value is -0.970. The Morgan fingerprint density at radius 1 is 1.45 bits per heavy atom. The Bertz CT molecular complexity index is 592. The maximum absolute atomic E-state index is 5.98. The second-order valence-electron chi connectivity index (χ2n) is 5.93. The topological polar surface area (TPSA) is 42.2 Å². The largest absolute Gasteiger partial charge is 0.329 e. The highest BCUT2D eigenvalue weighted by Gasteiger charge is 2.27. The molecule has 0 saturated carbocycles. The molecule has 4 heteroatoms. The number of aryl methyl sites for hydroxylation is 1. The van der Waals surface area contributed by atoms with Gasteiger partial charge in [-0.25, -0.2) is 4.98 Å². The third kappa shape index (κ3) is 2.73. The quantitative estimate of drug-likeness (QED) is 0.943. The lowest BCUT2D eigenvalue weighted by Gasteiger charge is -2.39. The van der Waals surface area contributed by atoms with Gasteiger partial charge in [-0.2, -0.15) is 0 Å². The van der Waals surface area contributed by atoms with Gasteiger partial charge in [0.05, 0.1) is 15.2 Å². The lowest BCUT2D eigenvalue weighted by molar-refractivity contribution is 0.0991. The number of nitrogens with zero attached hydrogens (tertiary/aromatic N) is 2. The summed E-state index contributed by atoms with van der Waals surface area (Å²) in [6.07, 6.45) is 2.60.